The third-order valence-corrected chi connectivity index (χ3v) is 6.66. The fraction of sp³-hybridized carbons (Fsp3) is 0.120. The lowest BCUT2D eigenvalue weighted by atomic mass is 10.2. The van der Waals surface area contributed by atoms with Crippen LogP contribution in [0.2, 0.25) is 0 Å². The summed E-state index contributed by atoms with van der Waals surface area (Å²) in [7, 11) is 0. The van der Waals surface area contributed by atoms with Gasteiger partial charge in [-0.15, -0.1) is 11.3 Å². The maximum Gasteiger partial charge on any atom is 0.158 e. The molecule has 5 aromatic rings. The maximum atomic E-state index is 9.54. The SMILES string of the molecule is CC(C)c1cc2c(NN=Cc3cn(-c4ccccc4C#N)c4ccccc34)ncnc2s1. The highest BCUT2D eigenvalue weighted by atomic mass is 32.1. The van der Waals surface area contributed by atoms with E-state index in [0.29, 0.717) is 17.3 Å². The summed E-state index contributed by atoms with van der Waals surface area (Å²) in [6, 6.07) is 20.1. The summed E-state index contributed by atoms with van der Waals surface area (Å²) in [6.45, 7) is 4.34. The quantitative estimate of drug-likeness (QED) is 0.268. The standard InChI is InChI=1S/C25H20N6S/c1-16(2)23-11-20-24(27-15-28-25(20)32-23)30-29-13-18-14-31(22-10-6-4-8-19(18)22)21-9-5-3-7-17(21)12-26/h3-11,13-16H,1-2H3,(H,27,28,30). The summed E-state index contributed by atoms with van der Waals surface area (Å²) >= 11 is 1.68. The zero-order valence-corrected chi connectivity index (χ0v) is 18.5. The molecule has 0 unspecified atom stereocenters. The van der Waals surface area contributed by atoms with Crippen molar-refractivity contribution in [3.05, 3.63) is 83.1 Å². The van der Waals surface area contributed by atoms with Gasteiger partial charge in [0.2, 0.25) is 0 Å². The number of rotatable bonds is 5. The van der Waals surface area contributed by atoms with Crippen LogP contribution in [-0.4, -0.2) is 20.7 Å². The Labute approximate surface area is 189 Å². The van der Waals surface area contributed by atoms with Gasteiger partial charge in [0.25, 0.3) is 0 Å². The molecule has 0 saturated heterocycles. The van der Waals surface area contributed by atoms with Crippen molar-refractivity contribution in [3.63, 3.8) is 0 Å². The Morgan fingerprint density at radius 3 is 2.75 bits per heavy atom. The highest BCUT2D eigenvalue weighted by Gasteiger charge is 2.12. The minimum atomic E-state index is 0.438. The Morgan fingerprint density at radius 1 is 1.09 bits per heavy atom. The zero-order chi connectivity index (χ0) is 22.1. The van der Waals surface area contributed by atoms with Crippen molar-refractivity contribution in [3.8, 4) is 11.8 Å². The maximum absolute atomic E-state index is 9.54. The van der Waals surface area contributed by atoms with Gasteiger partial charge in [0, 0.05) is 22.0 Å². The first-order chi connectivity index (χ1) is 15.7. The van der Waals surface area contributed by atoms with Gasteiger partial charge < -0.3 is 4.57 Å². The van der Waals surface area contributed by atoms with Crippen molar-refractivity contribution in [1.29, 1.82) is 5.26 Å². The molecule has 0 saturated carbocycles. The van der Waals surface area contributed by atoms with Crippen molar-refractivity contribution < 1.29 is 0 Å². The van der Waals surface area contributed by atoms with E-state index in [-0.39, 0.29) is 0 Å². The molecule has 6 nitrogen and oxygen atoms in total. The van der Waals surface area contributed by atoms with Crippen LogP contribution >= 0.6 is 11.3 Å². The summed E-state index contributed by atoms with van der Waals surface area (Å²) in [6.07, 6.45) is 5.35. The Morgan fingerprint density at radius 2 is 1.91 bits per heavy atom. The lowest BCUT2D eigenvalue weighted by molar-refractivity contribution is 0.890. The summed E-state index contributed by atoms with van der Waals surface area (Å²) in [5, 5.41) is 16.0. The van der Waals surface area contributed by atoms with Gasteiger partial charge in [0.05, 0.1) is 28.4 Å². The van der Waals surface area contributed by atoms with E-state index in [0.717, 1.165) is 32.4 Å². The molecule has 5 rings (SSSR count). The van der Waals surface area contributed by atoms with Crippen LogP contribution in [0.3, 0.4) is 0 Å². The van der Waals surface area contributed by atoms with Crippen LogP contribution in [0.15, 0.2) is 72.2 Å². The molecule has 0 amide bonds. The van der Waals surface area contributed by atoms with Gasteiger partial charge >= 0.3 is 0 Å². The first-order valence-corrected chi connectivity index (χ1v) is 11.1. The first-order valence-electron chi connectivity index (χ1n) is 10.3. The van der Waals surface area contributed by atoms with E-state index in [1.54, 1.807) is 23.9 Å². The van der Waals surface area contributed by atoms with Crippen molar-refractivity contribution in [2.75, 3.05) is 5.43 Å². The van der Waals surface area contributed by atoms with E-state index in [9.17, 15) is 5.26 Å². The van der Waals surface area contributed by atoms with Crippen LogP contribution in [0.25, 0.3) is 26.8 Å². The highest BCUT2D eigenvalue weighted by molar-refractivity contribution is 7.18. The smallest absolute Gasteiger partial charge is 0.158 e. The van der Waals surface area contributed by atoms with Crippen LogP contribution < -0.4 is 5.43 Å². The fourth-order valence-electron chi connectivity index (χ4n) is 3.70. The van der Waals surface area contributed by atoms with Crippen LogP contribution in [0.5, 0.6) is 0 Å². The van der Waals surface area contributed by atoms with E-state index in [1.807, 2.05) is 53.2 Å². The predicted molar refractivity (Wildman–Crippen MR) is 131 cm³/mol. The second kappa shape index (κ2) is 8.25. The largest absolute Gasteiger partial charge is 0.315 e. The number of hydrogen-bond donors (Lipinski definition) is 1. The molecule has 0 fully saturated rings. The molecular formula is C25H20N6S. The average Bonchev–Trinajstić information content (AvgIpc) is 3.42. The molecule has 156 valence electrons. The van der Waals surface area contributed by atoms with Gasteiger partial charge in [0.15, 0.2) is 5.82 Å². The zero-order valence-electron chi connectivity index (χ0n) is 17.6. The highest BCUT2D eigenvalue weighted by Crippen LogP contribution is 2.32. The fourth-order valence-corrected chi connectivity index (χ4v) is 4.70. The van der Waals surface area contributed by atoms with E-state index in [1.165, 1.54) is 4.88 Å². The molecule has 3 heterocycles. The number of aromatic nitrogens is 3. The number of hydrazone groups is 1. The summed E-state index contributed by atoms with van der Waals surface area (Å²) in [5.41, 5.74) is 6.51. The summed E-state index contributed by atoms with van der Waals surface area (Å²) in [5.74, 6) is 1.13. The van der Waals surface area contributed by atoms with E-state index in [2.05, 4.69) is 52.5 Å². The predicted octanol–water partition coefficient (Wildman–Crippen LogP) is 6.08. The van der Waals surface area contributed by atoms with Gasteiger partial charge in [-0.2, -0.15) is 10.4 Å². The summed E-state index contributed by atoms with van der Waals surface area (Å²) in [4.78, 5) is 11.0. The van der Waals surface area contributed by atoms with Crippen molar-refractivity contribution in [1.82, 2.24) is 14.5 Å². The number of benzene rings is 2. The molecule has 0 spiro atoms. The van der Waals surface area contributed by atoms with Crippen LogP contribution in [0.1, 0.15) is 35.8 Å². The van der Waals surface area contributed by atoms with Crippen molar-refractivity contribution in [2.45, 2.75) is 19.8 Å². The average molecular weight is 437 g/mol. The van der Waals surface area contributed by atoms with Crippen LogP contribution in [0, 0.1) is 11.3 Å². The molecule has 3 aromatic heterocycles. The monoisotopic (exact) mass is 436 g/mol. The number of nitrogens with zero attached hydrogens (tertiary/aromatic N) is 5. The van der Waals surface area contributed by atoms with Gasteiger partial charge in [-0.3, -0.25) is 5.43 Å². The summed E-state index contributed by atoms with van der Waals surface area (Å²) < 4.78 is 2.03. The molecule has 0 aliphatic rings. The van der Waals surface area contributed by atoms with Crippen molar-refractivity contribution in [2.24, 2.45) is 5.10 Å². The van der Waals surface area contributed by atoms with Crippen molar-refractivity contribution >= 4 is 44.5 Å². The lowest BCUT2D eigenvalue weighted by Crippen LogP contribution is -1.96. The van der Waals surface area contributed by atoms with Crippen LogP contribution in [0.4, 0.5) is 5.82 Å². The number of hydrogen-bond acceptors (Lipinski definition) is 6. The van der Waals surface area contributed by atoms with E-state index < -0.39 is 0 Å². The normalized spacial score (nSPS) is 11.6. The third-order valence-electron chi connectivity index (χ3n) is 5.32. The molecule has 2 aromatic carbocycles. The minimum absolute atomic E-state index is 0.438. The molecule has 32 heavy (non-hydrogen) atoms. The number of anilines is 1. The molecule has 1 N–H and O–H groups in total. The second-order valence-corrected chi connectivity index (χ2v) is 8.78. The molecule has 0 bridgehead atoms. The van der Waals surface area contributed by atoms with Gasteiger partial charge in [0.1, 0.15) is 17.2 Å². The van der Waals surface area contributed by atoms with Gasteiger partial charge in [-0.1, -0.05) is 44.2 Å². The van der Waals surface area contributed by atoms with Gasteiger partial charge in [-0.25, -0.2) is 9.97 Å². The number of para-hydroxylation sites is 2. The molecule has 7 heteroatoms. The molecule has 0 atom stereocenters. The van der Waals surface area contributed by atoms with E-state index in [4.69, 9.17) is 0 Å². The Bertz CT molecular complexity index is 1500. The number of nitrogens with one attached hydrogen (secondary N) is 1. The second-order valence-electron chi connectivity index (χ2n) is 7.72. The molecular weight excluding hydrogens is 416 g/mol. The Hall–Kier alpha value is -4.02. The number of thiophene rings is 1. The number of nitriles is 1. The minimum Gasteiger partial charge on any atom is -0.315 e. The van der Waals surface area contributed by atoms with Crippen LogP contribution in [-0.2, 0) is 0 Å². The third kappa shape index (κ3) is 3.51. The Balaban J connectivity index is 1.52. The Kier molecular flexibility index (Phi) is 5.13. The molecule has 0 aliphatic carbocycles. The first kappa shape index (κ1) is 19.9. The van der Waals surface area contributed by atoms with E-state index >= 15 is 0 Å². The lowest BCUT2D eigenvalue weighted by Gasteiger charge is -2.06. The molecule has 0 radical (unpaired) electrons. The van der Waals surface area contributed by atoms with Gasteiger partial charge in [-0.05, 0) is 30.2 Å². The molecule has 0 aliphatic heterocycles. The number of fused-ring (bicyclic) bond motifs is 2. The topological polar surface area (TPSA) is 78.9 Å².